The first-order valence-corrected chi connectivity index (χ1v) is 7.78. The Morgan fingerprint density at radius 3 is 2.52 bits per heavy atom. The average Bonchev–Trinajstić information content (AvgIpc) is 2.83. The molecule has 0 spiro atoms. The number of hydrogen-bond acceptors (Lipinski definition) is 1. The van der Waals surface area contributed by atoms with E-state index in [0.29, 0.717) is 5.41 Å². The number of hydrogen-bond donors (Lipinski definition) is 2. The number of aromatic nitrogens is 1. The minimum Gasteiger partial charge on any atom is -0.355 e. The Balaban J connectivity index is 1.88. The number of rotatable bonds is 5. The van der Waals surface area contributed by atoms with Gasteiger partial charge in [-0.25, -0.2) is 0 Å². The molecule has 2 nitrogen and oxygen atoms in total. The van der Waals surface area contributed by atoms with Crippen LogP contribution in [0.25, 0.3) is 21.8 Å². The van der Waals surface area contributed by atoms with Gasteiger partial charge in [0.15, 0.2) is 0 Å². The molecule has 2 heteroatoms. The maximum atomic E-state index is 5.70. The maximum absolute atomic E-state index is 5.70. The lowest BCUT2D eigenvalue weighted by Gasteiger charge is -2.23. The molecule has 3 rings (SSSR count). The summed E-state index contributed by atoms with van der Waals surface area (Å²) >= 11 is 0. The molecule has 0 saturated carbocycles. The van der Waals surface area contributed by atoms with E-state index in [4.69, 9.17) is 5.73 Å². The van der Waals surface area contributed by atoms with Crippen molar-refractivity contribution in [3.05, 3.63) is 48.0 Å². The van der Waals surface area contributed by atoms with Crippen LogP contribution in [0, 0.1) is 5.41 Å². The Morgan fingerprint density at radius 1 is 0.952 bits per heavy atom. The van der Waals surface area contributed by atoms with Crippen LogP contribution in [0.1, 0.15) is 32.3 Å². The van der Waals surface area contributed by atoms with Gasteiger partial charge in [-0.1, -0.05) is 38.1 Å². The van der Waals surface area contributed by atoms with Crippen LogP contribution in [0.3, 0.4) is 0 Å². The summed E-state index contributed by atoms with van der Waals surface area (Å²) in [6.07, 6.45) is 3.38. The van der Waals surface area contributed by atoms with Crippen LogP contribution in [0.2, 0.25) is 0 Å². The first kappa shape index (κ1) is 14.2. The molecule has 0 radical (unpaired) electrons. The van der Waals surface area contributed by atoms with Crippen molar-refractivity contribution in [3.8, 4) is 0 Å². The zero-order valence-corrected chi connectivity index (χ0v) is 12.9. The first-order valence-electron chi connectivity index (χ1n) is 7.78. The highest BCUT2D eigenvalue weighted by atomic mass is 14.7. The molecule has 0 aliphatic rings. The van der Waals surface area contributed by atoms with E-state index in [9.17, 15) is 0 Å². The van der Waals surface area contributed by atoms with E-state index in [1.54, 1.807) is 0 Å². The van der Waals surface area contributed by atoms with Gasteiger partial charge in [0.05, 0.1) is 0 Å². The zero-order chi connectivity index (χ0) is 14.9. The SMILES string of the molecule is CC(C)(CCN)CCc1ccc2[nH]c3ccccc3c2c1. The van der Waals surface area contributed by atoms with E-state index in [2.05, 4.69) is 61.3 Å². The second kappa shape index (κ2) is 5.53. The number of H-pyrrole nitrogens is 1. The Kier molecular flexibility index (Phi) is 3.73. The van der Waals surface area contributed by atoms with Crippen molar-refractivity contribution in [1.29, 1.82) is 0 Å². The third kappa shape index (κ3) is 2.96. The maximum Gasteiger partial charge on any atom is 0.0465 e. The van der Waals surface area contributed by atoms with Crippen LogP contribution in [0.5, 0.6) is 0 Å². The molecule has 1 aromatic heterocycles. The molecule has 0 aliphatic heterocycles. The second-order valence-corrected chi connectivity index (χ2v) is 6.75. The number of nitrogens with two attached hydrogens (primary N) is 1. The molecule has 21 heavy (non-hydrogen) atoms. The second-order valence-electron chi connectivity index (χ2n) is 6.75. The molecule has 0 atom stereocenters. The molecular weight excluding hydrogens is 256 g/mol. The summed E-state index contributed by atoms with van der Waals surface area (Å²) in [5.41, 5.74) is 9.88. The van der Waals surface area contributed by atoms with Gasteiger partial charge in [0.25, 0.3) is 0 Å². The lowest BCUT2D eigenvalue weighted by molar-refractivity contribution is 0.313. The summed E-state index contributed by atoms with van der Waals surface area (Å²) in [6.45, 7) is 5.39. The first-order chi connectivity index (χ1) is 10.1. The van der Waals surface area contributed by atoms with Gasteiger partial charge in [0, 0.05) is 21.8 Å². The Labute approximate surface area is 126 Å². The van der Waals surface area contributed by atoms with Crippen molar-refractivity contribution in [2.75, 3.05) is 6.54 Å². The highest BCUT2D eigenvalue weighted by Gasteiger charge is 2.16. The van der Waals surface area contributed by atoms with Crippen LogP contribution in [0.15, 0.2) is 42.5 Å². The quantitative estimate of drug-likeness (QED) is 0.703. The summed E-state index contributed by atoms with van der Waals surface area (Å²) in [5, 5.41) is 2.65. The summed E-state index contributed by atoms with van der Waals surface area (Å²) in [4.78, 5) is 3.48. The van der Waals surface area contributed by atoms with Crippen LogP contribution < -0.4 is 5.73 Å². The molecule has 0 unspecified atom stereocenters. The average molecular weight is 280 g/mol. The Bertz CT molecular complexity index is 752. The summed E-state index contributed by atoms with van der Waals surface area (Å²) in [7, 11) is 0. The molecule has 0 amide bonds. The topological polar surface area (TPSA) is 41.8 Å². The van der Waals surface area contributed by atoms with Crippen LogP contribution in [-0.4, -0.2) is 11.5 Å². The number of nitrogens with one attached hydrogen (secondary N) is 1. The van der Waals surface area contributed by atoms with Crippen molar-refractivity contribution in [2.45, 2.75) is 33.1 Å². The van der Waals surface area contributed by atoms with E-state index in [-0.39, 0.29) is 0 Å². The zero-order valence-electron chi connectivity index (χ0n) is 12.9. The van der Waals surface area contributed by atoms with E-state index in [1.165, 1.54) is 33.8 Å². The van der Waals surface area contributed by atoms with Gasteiger partial charge in [-0.2, -0.15) is 0 Å². The largest absolute Gasteiger partial charge is 0.355 e. The predicted molar refractivity (Wildman–Crippen MR) is 91.6 cm³/mol. The molecule has 0 bridgehead atoms. The number of para-hydroxylation sites is 1. The van der Waals surface area contributed by atoms with E-state index in [0.717, 1.165) is 19.4 Å². The molecule has 0 saturated heterocycles. The minimum atomic E-state index is 0.323. The van der Waals surface area contributed by atoms with Crippen molar-refractivity contribution in [2.24, 2.45) is 11.1 Å². The van der Waals surface area contributed by atoms with Crippen molar-refractivity contribution >= 4 is 21.8 Å². The van der Waals surface area contributed by atoms with E-state index >= 15 is 0 Å². The third-order valence-electron chi connectivity index (χ3n) is 4.48. The van der Waals surface area contributed by atoms with E-state index in [1.807, 2.05) is 0 Å². The lowest BCUT2D eigenvalue weighted by atomic mass is 9.83. The highest BCUT2D eigenvalue weighted by Crippen LogP contribution is 2.29. The Hall–Kier alpha value is -1.80. The van der Waals surface area contributed by atoms with Gasteiger partial charge in [0.1, 0.15) is 0 Å². The fourth-order valence-corrected chi connectivity index (χ4v) is 3.05. The van der Waals surface area contributed by atoms with Crippen molar-refractivity contribution in [1.82, 2.24) is 4.98 Å². The van der Waals surface area contributed by atoms with Gasteiger partial charge in [-0.15, -0.1) is 0 Å². The lowest BCUT2D eigenvalue weighted by Crippen LogP contribution is -2.17. The standard InChI is InChI=1S/C19H24N2/c1-19(2,11-12-20)10-9-14-7-8-18-16(13-14)15-5-3-4-6-17(15)21-18/h3-8,13,21H,9-12,20H2,1-2H3. The van der Waals surface area contributed by atoms with Gasteiger partial charge >= 0.3 is 0 Å². The number of fused-ring (bicyclic) bond motifs is 3. The molecule has 0 aliphatic carbocycles. The summed E-state index contributed by atoms with van der Waals surface area (Å²) in [6, 6.07) is 15.3. The van der Waals surface area contributed by atoms with Crippen LogP contribution >= 0.6 is 0 Å². The van der Waals surface area contributed by atoms with Gasteiger partial charge in [-0.05, 0) is 55.0 Å². The fraction of sp³-hybridized carbons (Fsp3) is 0.368. The number of benzene rings is 2. The Morgan fingerprint density at radius 2 is 1.71 bits per heavy atom. The van der Waals surface area contributed by atoms with Crippen LogP contribution in [-0.2, 0) is 6.42 Å². The number of aromatic amines is 1. The monoisotopic (exact) mass is 280 g/mol. The fourth-order valence-electron chi connectivity index (χ4n) is 3.05. The van der Waals surface area contributed by atoms with Crippen molar-refractivity contribution < 1.29 is 0 Å². The normalized spacial score (nSPS) is 12.3. The molecule has 3 aromatic rings. The minimum absolute atomic E-state index is 0.323. The molecule has 3 N–H and O–H groups in total. The molecule has 0 fully saturated rings. The summed E-state index contributed by atoms with van der Waals surface area (Å²) < 4.78 is 0. The van der Waals surface area contributed by atoms with Crippen LogP contribution in [0.4, 0.5) is 0 Å². The molecular formula is C19H24N2. The molecule has 2 aromatic carbocycles. The van der Waals surface area contributed by atoms with Gasteiger partial charge < -0.3 is 10.7 Å². The van der Waals surface area contributed by atoms with Gasteiger partial charge in [0.2, 0.25) is 0 Å². The van der Waals surface area contributed by atoms with Gasteiger partial charge in [-0.3, -0.25) is 0 Å². The summed E-state index contributed by atoms with van der Waals surface area (Å²) in [5.74, 6) is 0. The van der Waals surface area contributed by atoms with Crippen molar-refractivity contribution in [3.63, 3.8) is 0 Å². The predicted octanol–water partition coefficient (Wildman–Crippen LogP) is 4.63. The third-order valence-corrected chi connectivity index (χ3v) is 4.48. The van der Waals surface area contributed by atoms with E-state index < -0.39 is 0 Å². The number of aryl methyl sites for hydroxylation is 1. The smallest absolute Gasteiger partial charge is 0.0465 e. The highest BCUT2D eigenvalue weighted by molar-refractivity contribution is 6.07. The molecule has 1 heterocycles. The molecule has 110 valence electrons.